The first kappa shape index (κ1) is 14.0. The molecule has 0 radical (unpaired) electrons. The number of imidazole rings is 1. The van der Waals surface area contributed by atoms with Crippen molar-refractivity contribution in [1.82, 2.24) is 19.5 Å². The lowest BCUT2D eigenvalue weighted by molar-refractivity contribution is 0.625. The number of hydrogen-bond acceptors (Lipinski definition) is 5. The van der Waals surface area contributed by atoms with Gasteiger partial charge in [0.2, 0.25) is 5.95 Å². The van der Waals surface area contributed by atoms with E-state index in [2.05, 4.69) is 49.6 Å². The molecule has 6 nitrogen and oxygen atoms in total. The van der Waals surface area contributed by atoms with Gasteiger partial charge in [0.1, 0.15) is 5.82 Å². The first-order valence-electron chi connectivity index (χ1n) is 7.93. The van der Waals surface area contributed by atoms with Crippen molar-refractivity contribution < 1.29 is 0 Å². The number of para-hydroxylation sites is 2. The summed E-state index contributed by atoms with van der Waals surface area (Å²) in [6, 6.07) is 8.28. The monoisotopic (exact) mass is 308 g/mol. The zero-order chi connectivity index (χ0) is 15.8. The van der Waals surface area contributed by atoms with Crippen LogP contribution in [0.15, 0.2) is 36.7 Å². The molecule has 1 aliphatic heterocycles. The van der Waals surface area contributed by atoms with Crippen molar-refractivity contribution in [2.75, 3.05) is 36.0 Å². The molecule has 3 aromatic rings. The van der Waals surface area contributed by atoms with Crippen molar-refractivity contribution in [2.24, 2.45) is 7.05 Å². The zero-order valence-electron chi connectivity index (χ0n) is 13.5. The number of hydrogen-bond donors (Lipinski definition) is 0. The minimum atomic E-state index is 0.933. The highest BCUT2D eigenvalue weighted by Gasteiger charge is 2.22. The van der Waals surface area contributed by atoms with Crippen molar-refractivity contribution in [1.29, 1.82) is 0 Å². The Morgan fingerprint density at radius 3 is 2.35 bits per heavy atom. The molecule has 6 heteroatoms. The third-order valence-electron chi connectivity index (χ3n) is 4.48. The summed E-state index contributed by atoms with van der Waals surface area (Å²) in [6.45, 7) is 5.76. The highest BCUT2D eigenvalue weighted by molar-refractivity contribution is 5.78. The van der Waals surface area contributed by atoms with Crippen molar-refractivity contribution >= 4 is 22.8 Å². The van der Waals surface area contributed by atoms with E-state index >= 15 is 0 Å². The third-order valence-corrected chi connectivity index (χ3v) is 4.48. The first-order chi connectivity index (χ1) is 11.2. The Hall–Kier alpha value is -2.63. The molecule has 118 valence electrons. The van der Waals surface area contributed by atoms with E-state index in [1.165, 1.54) is 5.52 Å². The molecular formula is C17H20N6. The summed E-state index contributed by atoms with van der Waals surface area (Å²) < 4.78 is 2.18. The van der Waals surface area contributed by atoms with Gasteiger partial charge >= 0.3 is 0 Å². The Balaban J connectivity index is 1.55. The number of fused-ring (bicyclic) bond motifs is 1. The van der Waals surface area contributed by atoms with Crippen LogP contribution in [-0.2, 0) is 7.05 Å². The summed E-state index contributed by atoms with van der Waals surface area (Å²) in [5, 5.41) is 0. The Labute approximate surface area is 135 Å². The number of anilines is 2. The first-order valence-corrected chi connectivity index (χ1v) is 7.93. The molecule has 1 fully saturated rings. The van der Waals surface area contributed by atoms with Crippen LogP contribution in [0.1, 0.15) is 5.69 Å². The lowest BCUT2D eigenvalue weighted by Gasteiger charge is -2.36. The van der Waals surface area contributed by atoms with Crippen LogP contribution in [0.2, 0.25) is 0 Å². The van der Waals surface area contributed by atoms with E-state index in [0.717, 1.165) is 49.2 Å². The highest BCUT2D eigenvalue weighted by Crippen LogP contribution is 2.23. The summed E-state index contributed by atoms with van der Waals surface area (Å²) in [4.78, 5) is 18.3. The Morgan fingerprint density at radius 1 is 0.913 bits per heavy atom. The normalized spacial score (nSPS) is 15.4. The fraction of sp³-hybridized carbons (Fsp3) is 0.353. The van der Waals surface area contributed by atoms with Gasteiger partial charge < -0.3 is 14.4 Å². The summed E-state index contributed by atoms with van der Waals surface area (Å²) >= 11 is 0. The topological polar surface area (TPSA) is 50.1 Å². The molecule has 0 unspecified atom stereocenters. The van der Waals surface area contributed by atoms with Crippen molar-refractivity contribution in [2.45, 2.75) is 6.92 Å². The molecule has 3 heterocycles. The SMILES string of the molecule is Cc1nccnc1N1CCN(c2nc3ccccc3n2C)CC1. The maximum atomic E-state index is 4.79. The van der Waals surface area contributed by atoms with E-state index in [1.807, 2.05) is 13.0 Å². The van der Waals surface area contributed by atoms with Crippen molar-refractivity contribution in [3.05, 3.63) is 42.4 Å². The van der Waals surface area contributed by atoms with Gasteiger partial charge in [0.15, 0.2) is 0 Å². The smallest absolute Gasteiger partial charge is 0.206 e. The average Bonchev–Trinajstić information content (AvgIpc) is 2.93. The maximum Gasteiger partial charge on any atom is 0.206 e. The maximum absolute atomic E-state index is 4.79. The van der Waals surface area contributed by atoms with Crippen LogP contribution >= 0.6 is 0 Å². The van der Waals surface area contributed by atoms with Crippen molar-refractivity contribution in [3.63, 3.8) is 0 Å². The molecule has 1 saturated heterocycles. The highest BCUT2D eigenvalue weighted by atomic mass is 15.4. The fourth-order valence-corrected chi connectivity index (χ4v) is 3.24. The van der Waals surface area contributed by atoms with E-state index in [0.29, 0.717) is 0 Å². The molecule has 4 rings (SSSR count). The number of aryl methyl sites for hydroxylation is 2. The van der Waals surface area contributed by atoms with Gasteiger partial charge in [0.05, 0.1) is 16.7 Å². The van der Waals surface area contributed by atoms with E-state index in [-0.39, 0.29) is 0 Å². The lowest BCUT2D eigenvalue weighted by Crippen LogP contribution is -2.47. The summed E-state index contributed by atoms with van der Waals surface area (Å²) in [5.74, 6) is 2.04. The number of nitrogens with zero attached hydrogens (tertiary/aromatic N) is 6. The van der Waals surface area contributed by atoms with Crippen LogP contribution in [0.25, 0.3) is 11.0 Å². The summed E-state index contributed by atoms with van der Waals surface area (Å²) in [5.41, 5.74) is 3.22. The molecule has 0 amide bonds. The minimum Gasteiger partial charge on any atom is -0.352 e. The third kappa shape index (κ3) is 2.40. The summed E-state index contributed by atoms with van der Waals surface area (Å²) in [6.07, 6.45) is 3.51. The van der Waals surface area contributed by atoms with Gasteiger partial charge in [0.25, 0.3) is 0 Å². The lowest BCUT2D eigenvalue weighted by atomic mass is 10.3. The van der Waals surface area contributed by atoms with Crippen LogP contribution in [-0.4, -0.2) is 45.7 Å². The molecule has 0 spiro atoms. The fourth-order valence-electron chi connectivity index (χ4n) is 3.24. The quantitative estimate of drug-likeness (QED) is 0.725. The predicted octanol–water partition coefficient (Wildman–Crippen LogP) is 2.00. The van der Waals surface area contributed by atoms with Gasteiger partial charge in [-0.25, -0.2) is 9.97 Å². The van der Waals surface area contributed by atoms with E-state index < -0.39 is 0 Å². The Kier molecular flexibility index (Phi) is 3.37. The number of aromatic nitrogens is 4. The van der Waals surface area contributed by atoms with Crippen LogP contribution in [0.3, 0.4) is 0 Å². The van der Waals surface area contributed by atoms with Gasteiger partial charge in [-0.1, -0.05) is 12.1 Å². The van der Waals surface area contributed by atoms with E-state index in [4.69, 9.17) is 4.98 Å². The Morgan fingerprint density at radius 2 is 1.61 bits per heavy atom. The number of piperazine rings is 1. The molecule has 0 aliphatic carbocycles. The second-order valence-electron chi connectivity index (χ2n) is 5.90. The number of rotatable bonds is 2. The zero-order valence-corrected chi connectivity index (χ0v) is 13.5. The van der Waals surface area contributed by atoms with E-state index in [1.54, 1.807) is 12.4 Å². The van der Waals surface area contributed by atoms with Gasteiger partial charge in [-0.2, -0.15) is 0 Å². The second-order valence-corrected chi connectivity index (χ2v) is 5.90. The predicted molar refractivity (Wildman–Crippen MR) is 91.9 cm³/mol. The molecule has 1 aromatic carbocycles. The molecule has 0 atom stereocenters. The second kappa shape index (κ2) is 5.53. The largest absolute Gasteiger partial charge is 0.352 e. The molecule has 0 saturated carbocycles. The minimum absolute atomic E-state index is 0.933. The molecule has 0 bridgehead atoms. The van der Waals surface area contributed by atoms with Crippen LogP contribution in [0.5, 0.6) is 0 Å². The summed E-state index contributed by atoms with van der Waals surface area (Å²) in [7, 11) is 2.09. The van der Waals surface area contributed by atoms with Gasteiger partial charge in [-0.15, -0.1) is 0 Å². The van der Waals surface area contributed by atoms with Gasteiger partial charge in [0, 0.05) is 45.6 Å². The van der Waals surface area contributed by atoms with E-state index in [9.17, 15) is 0 Å². The van der Waals surface area contributed by atoms with Crippen molar-refractivity contribution in [3.8, 4) is 0 Å². The van der Waals surface area contributed by atoms with Gasteiger partial charge in [-0.05, 0) is 19.1 Å². The standard InChI is InChI=1S/C17H20N6/c1-13-16(19-8-7-18-13)22-9-11-23(12-10-22)17-20-14-5-3-4-6-15(14)21(17)2/h3-8H,9-12H2,1-2H3. The number of benzene rings is 1. The van der Waals surface area contributed by atoms with Crippen LogP contribution < -0.4 is 9.80 Å². The molecule has 2 aromatic heterocycles. The average molecular weight is 308 g/mol. The Bertz CT molecular complexity index is 832. The van der Waals surface area contributed by atoms with Crippen LogP contribution in [0.4, 0.5) is 11.8 Å². The van der Waals surface area contributed by atoms with Crippen LogP contribution in [0, 0.1) is 6.92 Å². The van der Waals surface area contributed by atoms with Gasteiger partial charge in [-0.3, -0.25) is 4.98 Å². The molecule has 23 heavy (non-hydrogen) atoms. The molecular weight excluding hydrogens is 288 g/mol. The molecule has 1 aliphatic rings. The molecule has 0 N–H and O–H groups in total.